The minimum absolute atomic E-state index is 0.0141. The first-order valence-electron chi connectivity index (χ1n) is 5.51. The lowest BCUT2D eigenvalue weighted by molar-refractivity contribution is -0.114. The van der Waals surface area contributed by atoms with E-state index in [4.69, 9.17) is 11.6 Å². The molecule has 0 aliphatic carbocycles. The van der Waals surface area contributed by atoms with Crippen molar-refractivity contribution >= 4 is 23.2 Å². The van der Waals surface area contributed by atoms with Crippen LogP contribution in [-0.2, 0) is 4.79 Å². The van der Waals surface area contributed by atoms with Crippen LogP contribution in [0.4, 0.5) is 5.69 Å². The van der Waals surface area contributed by atoms with E-state index >= 15 is 0 Å². The second-order valence-electron chi connectivity index (χ2n) is 4.04. The number of allylic oxidation sites excluding steroid dienone is 1. The summed E-state index contributed by atoms with van der Waals surface area (Å²) in [6.07, 6.45) is 1.78. The Labute approximate surface area is 106 Å². The Hall–Kier alpha value is -1.54. The van der Waals surface area contributed by atoms with Gasteiger partial charge in [0.15, 0.2) is 0 Å². The maximum absolute atomic E-state index is 12.3. The van der Waals surface area contributed by atoms with Gasteiger partial charge in [0.1, 0.15) is 0 Å². The van der Waals surface area contributed by atoms with Crippen molar-refractivity contribution in [1.82, 2.24) is 0 Å². The van der Waals surface area contributed by atoms with Gasteiger partial charge in [-0.3, -0.25) is 4.79 Å². The highest BCUT2D eigenvalue weighted by Gasteiger charge is 2.35. The average molecular weight is 248 g/mol. The van der Waals surface area contributed by atoms with Crippen molar-refractivity contribution in [2.75, 3.05) is 11.4 Å². The van der Waals surface area contributed by atoms with Crippen molar-refractivity contribution in [3.05, 3.63) is 53.6 Å². The predicted octanol–water partition coefficient (Wildman–Crippen LogP) is 3.35. The van der Waals surface area contributed by atoms with Gasteiger partial charge in [0.05, 0.1) is 0 Å². The Morgan fingerprint density at radius 3 is 2.59 bits per heavy atom. The molecule has 17 heavy (non-hydrogen) atoms. The van der Waals surface area contributed by atoms with Gasteiger partial charge in [0, 0.05) is 28.8 Å². The smallest absolute Gasteiger partial charge is 0.256 e. The highest BCUT2D eigenvalue weighted by Crippen LogP contribution is 2.32. The molecule has 1 heterocycles. The summed E-state index contributed by atoms with van der Waals surface area (Å²) in [6.45, 7) is 6.13. The van der Waals surface area contributed by atoms with E-state index in [9.17, 15) is 4.79 Å². The SMILES string of the molecule is C=C[C@H]1CN(c2ccccc2)C(=O)/C1=C(\C)Cl. The molecule has 1 aliphatic rings. The quantitative estimate of drug-likeness (QED) is 0.580. The van der Waals surface area contributed by atoms with Gasteiger partial charge in [-0.25, -0.2) is 0 Å². The lowest BCUT2D eigenvalue weighted by Crippen LogP contribution is -2.24. The van der Waals surface area contributed by atoms with Crippen molar-refractivity contribution in [2.24, 2.45) is 5.92 Å². The third-order valence-corrected chi connectivity index (χ3v) is 3.15. The normalized spacial score (nSPS) is 22.8. The molecule has 0 N–H and O–H groups in total. The summed E-state index contributed by atoms with van der Waals surface area (Å²) in [5.74, 6) is -0.00574. The molecule has 1 aromatic rings. The number of rotatable bonds is 2. The molecule has 1 amide bonds. The average Bonchev–Trinajstić information content (AvgIpc) is 2.67. The molecule has 1 saturated heterocycles. The van der Waals surface area contributed by atoms with Gasteiger partial charge in [-0.2, -0.15) is 0 Å². The zero-order chi connectivity index (χ0) is 12.4. The number of para-hydroxylation sites is 1. The molecule has 88 valence electrons. The number of hydrogen-bond donors (Lipinski definition) is 0. The van der Waals surface area contributed by atoms with Crippen molar-refractivity contribution in [3.63, 3.8) is 0 Å². The molecule has 0 aromatic heterocycles. The Morgan fingerprint density at radius 1 is 1.47 bits per heavy atom. The van der Waals surface area contributed by atoms with E-state index < -0.39 is 0 Å². The minimum Gasteiger partial charge on any atom is -0.308 e. The van der Waals surface area contributed by atoms with E-state index in [0.29, 0.717) is 17.2 Å². The van der Waals surface area contributed by atoms with Gasteiger partial charge < -0.3 is 4.90 Å². The molecule has 2 rings (SSSR count). The number of halogens is 1. The zero-order valence-electron chi connectivity index (χ0n) is 9.69. The molecule has 0 unspecified atom stereocenters. The van der Waals surface area contributed by atoms with Crippen LogP contribution in [0.5, 0.6) is 0 Å². The number of benzene rings is 1. The van der Waals surface area contributed by atoms with Crippen LogP contribution in [0.2, 0.25) is 0 Å². The van der Waals surface area contributed by atoms with Crippen molar-refractivity contribution in [1.29, 1.82) is 0 Å². The molecular weight excluding hydrogens is 234 g/mol. The fraction of sp³-hybridized carbons (Fsp3) is 0.214. The molecule has 0 spiro atoms. The largest absolute Gasteiger partial charge is 0.308 e. The summed E-state index contributed by atoms with van der Waals surface area (Å²) in [5, 5.41) is 0.554. The summed E-state index contributed by atoms with van der Waals surface area (Å²) in [6, 6.07) is 9.61. The van der Waals surface area contributed by atoms with Crippen LogP contribution >= 0.6 is 11.6 Å². The number of carbonyl (C=O) groups excluding carboxylic acids is 1. The Bertz CT molecular complexity index is 474. The highest BCUT2D eigenvalue weighted by molar-refractivity contribution is 6.32. The number of amides is 1. The summed E-state index contributed by atoms with van der Waals surface area (Å²) in [4.78, 5) is 14.0. The lowest BCUT2D eigenvalue weighted by atomic mass is 10.0. The van der Waals surface area contributed by atoms with Crippen LogP contribution in [0.1, 0.15) is 6.92 Å². The molecule has 0 saturated carbocycles. The third-order valence-electron chi connectivity index (χ3n) is 2.95. The standard InChI is InChI=1S/C14H14ClNO/c1-3-11-9-16(12-7-5-4-6-8-12)14(17)13(11)10(2)15/h3-8,11H,1,9H2,2H3/b13-10+/t11-/m0/s1. The third kappa shape index (κ3) is 2.13. The summed E-state index contributed by atoms with van der Waals surface area (Å²) in [5.41, 5.74) is 1.56. The van der Waals surface area contributed by atoms with Gasteiger partial charge in [0.2, 0.25) is 0 Å². The predicted molar refractivity (Wildman–Crippen MR) is 71.0 cm³/mol. The second-order valence-corrected chi connectivity index (χ2v) is 4.61. The molecule has 1 atom stereocenters. The lowest BCUT2D eigenvalue weighted by Gasteiger charge is -2.15. The van der Waals surface area contributed by atoms with E-state index in [1.54, 1.807) is 17.9 Å². The maximum atomic E-state index is 12.3. The van der Waals surface area contributed by atoms with E-state index in [-0.39, 0.29) is 11.8 Å². The molecule has 1 fully saturated rings. The zero-order valence-corrected chi connectivity index (χ0v) is 10.4. The summed E-state index contributed by atoms with van der Waals surface area (Å²) < 4.78 is 0. The minimum atomic E-state index is -0.0198. The van der Waals surface area contributed by atoms with Crippen molar-refractivity contribution in [3.8, 4) is 0 Å². The monoisotopic (exact) mass is 247 g/mol. The van der Waals surface area contributed by atoms with Crippen LogP contribution in [0.3, 0.4) is 0 Å². The Kier molecular flexibility index (Phi) is 3.34. The van der Waals surface area contributed by atoms with Crippen LogP contribution in [-0.4, -0.2) is 12.5 Å². The van der Waals surface area contributed by atoms with Crippen molar-refractivity contribution < 1.29 is 4.79 Å². The first-order valence-corrected chi connectivity index (χ1v) is 5.88. The first-order chi connectivity index (χ1) is 8.15. The molecule has 3 heteroatoms. The van der Waals surface area contributed by atoms with Crippen LogP contribution < -0.4 is 4.90 Å². The van der Waals surface area contributed by atoms with Gasteiger partial charge in [-0.1, -0.05) is 35.9 Å². The summed E-state index contributed by atoms with van der Waals surface area (Å²) >= 11 is 5.99. The maximum Gasteiger partial charge on any atom is 0.256 e. The van der Waals surface area contributed by atoms with E-state index in [1.165, 1.54) is 0 Å². The van der Waals surface area contributed by atoms with Crippen LogP contribution in [0.15, 0.2) is 53.6 Å². The molecular formula is C14H14ClNO. The van der Waals surface area contributed by atoms with Gasteiger partial charge in [0.25, 0.3) is 5.91 Å². The molecule has 0 bridgehead atoms. The van der Waals surface area contributed by atoms with E-state index in [2.05, 4.69) is 6.58 Å². The van der Waals surface area contributed by atoms with Crippen molar-refractivity contribution in [2.45, 2.75) is 6.92 Å². The molecule has 1 aliphatic heterocycles. The van der Waals surface area contributed by atoms with Gasteiger partial charge in [-0.15, -0.1) is 6.58 Å². The first kappa shape index (κ1) is 11.9. The molecule has 0 radical (unpaired) electrons. The topological polar surface area (TPSA) is 20.3 Å². The van der Waals surface area contributed by atoms with E-state index in [1.807, 2.05) is 30.3 Å². The number of carbonyl (C=O) groups is 1. The highest BCUT2D eigenvalue weighted by atomic mass is 35.5. The Morgan fingerprint density at radius 2 is 2.12 bits per heavy atom. The van der Waals surface area contributed by atoms with Gasteiger partial charge >= 0.3 is 0 Å². The number of hydrogen-bond acceptors (Lipinski definition) is 1. The number of nitrogens with zero attached hydrogens (tertiary/aromatic N) is 1. The van der Waals surface area contributed by atoms with Crippen LogP contribution in [0.25, 0.3) is 0 Å². The van der Waals surface area contributed by atoms with Gasteiger partial charge in [-0.05, 0) is 19.1 Å². The second kappa shape index (κ2) is 4.76. The Balaban J connectivity index is 2.39. The van der Waals surface area contributed by atoms with E-state index in [0.717, 1.165) is 5.69 Å². The molecule has 1 aromatic carbocycles. The summed E-state index contributed by atoms with van der Waals surface area (Å²) in [7, 11) is 0. The number of anilines is 1. The fourth-order valence-electron chi connectivity index (χ4n) is 2.10. The fourth-order valence-corrected chi connectivity index (χ4v) is 2.32. The van der Waals surface area contributed by atoms with Crippen LogP contribution in [0, 0.1) is 5.92 Å². The molecule has 2 nitrogen and oxygen atoms in total.